The van der Waals surface area contributed by atoms with Crippen LogP contribution in [0.3, 0.4) is 0 Å². The second-order valence-corrected chi connectivity index (χ2v) is 17.3. The van der Waals surface area contributed by atoms with Gasteiger partial charge in [-0.25, -0.2) is 0 Å². The highest BCUT2D eigenvalue weighted by atomic mass is 32.4. The van der Waals surface area contributed by atoms with Gasteiger partial charge in [0.05, 0.1) is 13.1 Å². The molecule has 0 aliphatic rings. The van der Waals surface area contributed by atoms with Crippen LogP contribution in [-0.2, 0) is 45.5 Å². The highest BCUT2D eigenvalue weighted by molar-refractivity contribution is 8.04. The Hall–Kier alpha value is -1.58. The minimum atomic E-state index is -3.40. The van der Waals surface area contributed by atoms with Gasteiger partial charge < -0.3 is 27.9 Å². The first-order valence-corrected chi connectivity index (χ1v) is 18.9. The lowest BCUT2D eigenvalue weighted by atomic mass is 10.1. The predicted octanol–water partition coefficient (Wildman–Crippen LogP) is 6.19. The van der Waals surface area contributed by atoms with E-state index in [9.17, 15) is 14.2 Å². The van der Waals surface area contributed by atoms with Crippen LogP contribution in [0.2, 0.25) is 0 Å². The molecule has 230 valence electrons. The van der Waals surface area contributed by atoms with Crippen molar-refractivity contribution in [3.8, 4) is 11.5 Å². The standard InChI is InChI=1S/C26H42N3O8P3S/c1-8-26(2,38(41)28(3)27-19-23-9-13-24(30)14-10-23)37-25-15-11-22(12-16-25)17-18-29(20-39(31,33-4)34-5)21-40(32,35-6)36-7/h9-16,19,30,38H,8,17-18,20-21H2,1-7H3. The minimum Gasteiger partial charge on any atom is -0.508 e. The lowest BCUT2D eigenvalue weighted by molar-refractivity contribution is 0.171. The number of nitrogens with zero attached hydrogens (tertiary/aromatic N) is 3. The molecule has 0 heterocycles. The highest BCUT2D eigenvalue weighted by Crippen LogP contribution is 2.51. The summed E-state index contributed by atoms with van der Waals surface area (Å²) in [4.78, 5) is 1.69. The molecule has 0 saturated heterocycles. The zero-order chi connectivity index (χ0) is 30.7. The van der Waals surface area contributed by atoms with Gasteiger partial charge in [0.25, 0.3) is 0 Å². The Morgan fingerprint density at radius 1 is 0.951 bits per heavy atom. The maximum Gasteiger partial charge on any atom is 0.344 e. The van der Waals surface area contributed by atoms with Crippen LogP contribution >= 0.6 is 22.0 Å². The third-order valence-corrected chi connectivity index (χ3v) is 14.4. The van der Waals surface area contributed by atoms with Gasteiger partial charge in [-0.05, 0) is 67.3 Å². The number of benzene rings is 2. The lowest BCUT2D eigenvalue weighted by Crippen LogP contribution is -2.30. The molecule has 0 bridgehead atoms. The molecule has 0 spiro atoms. The maximum absolute atomic E-state index is 12.8. The van der Waals surface area contributed by atoms with E-state index in [1.807, 2.05) is 45.2 Å². The van der Waals surface area contributed by atoms with Gasteiger partial charge in [0.15, 0.2) is 0 Å². The van der Waals surface area contributed by atoms with Crippen molar-refractivity contribution in [2.75, 3.05) is 54.6 Å². The third kappa shape index (κ3) is 10.9. The van der Waals surface area contributed by atoms with E-state index in [1.54, 1.807) is 40.2 Å². The molecule has 0 aliphatic carbocycles. The van der Waals surface area contributed by atoms with Crippen LogP contribution < -0.4 is 4.74 Å². The molecule has 11 nitrogen and oxygen atoms in total. The Labute approximate surface area is 249 Å². The molecule has 2 atom stereocenters. The maximum atomic E-state index is 12.8. The number of hydrazone groups is 1. The molecule has 0 aromatic heterocycles. The average Bonchev–Trinajstić information content (AvgIpc) is 2.99. The monoisotopic (exact) mass is 649 g/mol. The van der Waals surface area contributed by atoms with Crippen molar-refractivity contribution >= 4 is 40.1 Å². The molecule has 0 radical (unpaired) electrons. The molecule has 1 N–H and O–H groups in total. The summed E-state index contributed by atoms with van der Waals surface area (Å²) in [6.07, 6.45) is 2.83. The van der Waals surface area contributed by atoms with Crippen molar-refractivity contribution in [3.05, 3.63) is 59.7 Å². The average molecular weight is 650 g/mol. The van der Waals surface area contributed by atoms with Crippen LogP contribution in [0.5, 0.6) is 11.5 Å². The van der Waals surface area contributed by atoms with Crippen molar-refractivity contribution in [1.29, 1.82) is 0 Å². The predicted molar refractivity (Wildman–Crippen MR) is 168 cm³/mol. The summed E-state index contributed by atoms with van der Waals surface area (Å²) in [5, 5.41) is 13.4. The topological polar surface area (TPSA) is 119 Å². The molecule has 0 fully saturated rings. The Morgan fingerprint density at radius 3 is 1.93 bits per heavy atom. The lowest BCUT2D eigenvalue weighted by Gasteiger charge is -2.34. The van der Waals surface area contributed by atoms with E-state index >= 15 is 0 Å². The molecule has 0 saturated carbocycles. The Kier molecular flexibility index (Phi) is 14.2. The fourth-order valence-corrected chi connectivity index (χ4v) is 8.14. The number of hydrogen-bond donors (Lipinski definition) is 1. The third-order valence-electron chi connectivity index (χ3n) is 6.54. The summed E-state index contributed by atoms with van der Waals surface area (Å²) in [5.41, 5.74) is 1.85. The van der Waals surface area contributed by atoms with Gasteiger partial charge in [-0.2, -0.15) is 5.10 Å². The molecule has 2 aromatic carbocycles. The summed E-state index contributed by atoms with van der Waals surface area (Å²) < 4.78 is 54.1. The first kappa shape index (κ1) is 35.6. The van der Waals surface area contributed by atoms with E-state index in [0.29, 0.717) is 25.1 Å². The molecule has 15 heteroatoms. The minimum absolute atomic E-state index is 0.0703. The summed E-state index contributed by atoms with van der Waals surface area (Å²) in [6.45, 7) is 2.78. The van der Waals surface area contributed by atoms with Crippen LogP contribution in [-0.4, -0.2) is 80.9 Å². The Bertz CT molecular complexity index is 1210. The van der Waals surface area contributed by atoms with Gasteiger partial charge in [-0.3, -0.25) is 18.8 Å². The number of phenolic OH excluding ortho intramolecular Hbond substituents is 1. The summed E-state index contributed by atoms with van der Waals surface area (Å²) >= 11 is 5.91. The van der Waals surface area contributed by atoms with Gasteiger partial charge in [-0.1, -0.05) is 30.9 Å². The summed E-state index contributed by atoms with van der Waals surface area (Å²) in [7, 11) is 0.298. The normalized spacial score (nSPS) is 14.7. The quantitative estimate of drug-likeness (QED) is 0.113. The molecule has 2 rings (SSSR count). The van der Waals surface area contributed by atoms with Crippen molar-refractivity contribution < 1.29 is 37.1 Å². The second kappa shape index (κ2) is 16.3. The van der Waals surface area contributed by atoms with Crippen molar-refractivity contribution in [3.63, 3.8) is 0 Å². The smallest absolute Gasteiger partial charge is 0.344 e. The number of aromatic hydroxyl groups is 1. The largest absolute Gasteiger partial charge is 0.508 e. The van der Waals surface area contributed by atoms with Crippen LogP contribution in [0.1, 0.15) is 31.4 Å². The highest BCUT2D eigenvalue weighted by Gasteiger charge is 2.32. The SMILES string of the molecule is CCC(C)(Oc1ccc(CCN(CP(=O)(OC)OC)CP(=O)(OC)OC)cc1)[PH](=S)N(C)N=Cc1ccc(O)cc1. The molecule has 0 aliphatic heterocycles. The Balaban J connectivity index is 2.09. The fourth-order valence-electron chi connectivity index (χ4n) is 3.70. The zero-order valence-corrected chi connectivity index (χ0v) is 28.3. The van der Waals surface area contributed by atoms with Gasteiger partial charge in [0.1, 0.15) is 29.4 Å². The van der Waals surface area contributed by atoms with E-state index in [1.165, 1.54) is 28.4 Å². The van der Waals surface area contributed by atoms with Crippen LogP contribution in [0, 0.1) is 0 Å². The summed E-state index contributed by atoms with van der Waals surface area (Å²) in [5.74, 6) is 0.884. The number of phenols is 1. The van der Waals surface area contributed by atoms with E-state index in [-0.39, 0.29) is 18.3 Å². The van der Waals surface area contributed by atoms with Crippen LogP contribution in [0.15, 0.2) is 53.6 Å². The van der Waals surface area contributed by atoms with Gasteiger partial charge in [0, 0.05) is 42.0 Å². The first-order valence-electron chi connectivity index (χ1n) is 12.9. The molecule has 2 unspecified atom stereocenters. The van der Waals surface area contributed by atoms with Gasteiger partial charge in [0.2, 0.25) is 0 Å². The molecular weight excluding hydrogens is 607 g/mol. The van der Waals surface area contributed by atoms with E-state index < -0.39 is 27.4 Å². The first-order chi connectivity index (χ1) is 19.3. The van der Waals surface area contributed by atoms with Crippen molar-refractivity contribution in [2.24, 2.45) is 5.10 Å². The molecular formula is C26H42N3O8P3S. The molecule has 0 amide bonds. The fraction of sp³-hybridized carbons (Fsp3) is 0.500. The van der Waals surface area contributed by atoms with E-state index in [2.05, 4.69) is 5.10 Å². The van der Waals surface area contributed by atoms with Crippen LogP contribution in [0.4, 0.5) is 0 Å². The van der Waals surface area contributed by atoms with Gasteiger partial charge >= 0.3 is 15.2 Å². The van der Waals surface area contributed by atoms with Crippen molar-refractivity contribution in [1.82, 2.24) is 9.68 Å². The molecule has 41 heavy (non-hydrogen) atoms. The Morgan fingerprint density at radius 2 is 1.46 bits per heavy atom. The number of rotatable bonds is 18. The van der Waals surface area contributed by atoms with Gasteiger partial charge in [-0.15, -0.1) is 0 Å². The van der Waals surface area contributed by atoms with Crippen molar-refractivity contribution in [2.45, 2.75) is 32.0 Å². The van der Waals surface area contributed by atoms with E-state index in [0.717, 1.165) is 11.1 Å². The number of ether oxygens (including phenoxy) is 1. The van der Waals surface area contributed by atoms with Crippen LogP contribution in [0.25, 0.3) is 0 Å². The second-order valence-electron chi connectivity index (χ2n) is 9.37. The summed E-state index contributed by atoms with van der Waals surface area (Å²) in [6, 6.07) is 14.5. The number of hydrogen-bond acceptors (Lipinski definition) is 11. The zero-order valence-electron chi connectivity index (χ0n) is 24.7. The van der Waals surface area contributed by atoms with E-state index in [4.69, 9.17) is 34.6 Å². The molecule has 2 aromatic rings.